The van der Waals surface area contributed by atoms with Crippen molar-refractivity contribution in [3.05, 3.63) is 22.4 Å². The molecule has 0 saturated carbocycles. The molecule has 6 nitrogen and oxygen atoms in total. The molecule has 0 bridgehead atoms. The van der Waals surface area contributed by atoms with Crippen molar-refractivity contribution >= 4 is 41.3 Å². The molecule has 2 aliphatic heterocycles. The van der Waals surface area contributed by atoms with E-state index in [1.54, 1.807) is 0 Å². The Balaban J connectivity index is 0.00000341. The molecule has 31 heavy (non-hydrogen) atoms. The number of ether oxygens (including phenoxy) is 1. The molecule has 0 aliphatic carbocycles. The van der Waals surface area contributed by atoms with Crippen LogP contribution in [0.5, 0.6) is 0 Å². The van der Waals surface area contributed by atoms with Gasteiger partial charge in [-0.1, -0.05) is 19.9 Å². The van der Waals surface area contributed by atoms with Gasteiger partial charge >= 0.3 is 0 Å². The van der Waals surface area contributed by atoms with E-state index in [0.717, 1.165) is 51.9 Å². The van der Waals surface area contributed by atoms with Crippen molar-refractivity contribution in [1.29, 1.82) is 0 Å². The zero-order valence-electron chi connectivity index (χ0n) is 19.7. The monoisotopic (exact) mass is 563 g/mol. The maximum atomic E-state index is 5.54. The zero-order valence-corrected chi connectivity index (χ0v) is 22.8. The average molecular weight is 564 g/mol. The summed E-state index contributed by atoms with van der Waals surface area (Å²) in [4.78, 5) is 11.6. The predicted molar refractivity (Wildman–Crippen MR) is 143 cm³/mol. The largest absolute Gasteiger partial charge is 0.379 e. The van der Waals surface area contributed by atoms with Gasteiger partial charge < -0.3 is 15.4 Å². The van der Waals surface area contributed by atoms with Crippen molar-refractivity contribution in [3.63, 3.8) is 0 Å². The average Bonchev–Trinajstić information content (AvgIpc) is 3.27. The topological polar surface area (TPSA) is 52.1 Å². The van der Waals surface area contributed by atoms with Gasteiger partial charge in [0.15, 0.2) is 5.96 Å². The lowest BCUT2D eigenvalue weighted by atomic mass is 9.88. The molecule has 2 saturated heterocycles. The first-order valence-electron chi connectivity index (χ1n) is 11.7. The Hall–Kier alpha value is -0.420. The van der Waals surface area contributed by atoms with Gasteiger partial charge in [-0.2, -0.15) is 0 Å². The lowest BCUT2D eigenvalue weighted by molar-refractivity contribution is 0.00867. The minimum atomic E-state index is 0. The SMILES string of the molecule is CCNC(=NCC(C(C)C)N1CCOCC1)NCC1CCCN(C)C1c1cccs1.I. The van der Waals surface area contributed by atoms with Crippen LogP contribution in [0, 0.1) is 11.8 Å². The smallest absolute Gasteiger partial charge is 0.191 e. The number of hydrogen-bond acceptors (Lipinski definition) is 5. The van der Waals surface area contributed by atoms with E-state index in [-0.39, 0.29) is 24.0 Å². The summed E-state index contributed by atoms with van der Waals surface area (Å²) in [6.45, 7) is 14.3. The highest BCUT2D eigenvalue weighted by Crippen LogP contribution is 2.36. The lowest BCUT2D eigenvalue weighted by Crippen LogP contribution is -2.48. The second kappa shape index (κ2) is 14.0. The number of guanidine groups is 1. The van der Waals surface area contributed by atoms with Crippen LogP contribution in [-0.2, 0) is 4.74 Å². The lowest BCUT2D eigenvalue weighted by Gasteiger charge is -2.39. The summed E-state index contributed by atoms with van der Waals surface area (Å²) in [6, 6.07) is 5.43. The summed E-state index contributed by atoms with van der Waals surface area (Å²) in [7, 11) is 2.27. The molecule has 3 atom stereocenters. The fourth-order valence-electron chi connectivity index (χ4n) is 4.79. The fourth-order valence-corrected chi connectivity index (χ4v) is 5.78. The molecular weight excluding hydrogens is 521 g/mol. The third-order valence-corrected chi connectivity index (χ3v) is 7.38. The summed E-state index contributed by atoms with van der Waals surface area (Å²) >= 11 is 1.88. The molecule has 8 heteroatoms. The number of rotatable bonds is 8. The third kappa shape index (κ3) is 7.84. The molecule has 2 aliphatic rings. The molecule has 0 radical (unpaired) electrons. The van der Waals surface area contributed by atoms with Crippen LogP contribution in [0.4, 0.5) is 0 Å². The van der Waals surface area contributed by atoms with E-state index in [0.29, 0.717) is 23.9 Å². The van der Waals surface area contributed by atoms with E-state index in [1.165, 1.54) is 24.3 Å². The number of likely N-dealkylation sites (tertiary alicyclic amines) is 1. The molecule has 3 unspecified atom stereocenters. The Labute approximate surface area is 210 Å². The van der Waals surface area contributed by atoms with E-state index in [4.69, 9.17) is 9.73 Å². The normalized spacial score (nSPS) is 24.6. The van der Waals surface area contributed by atoms with Gasteiger partial charge in [-0.25, -0.2) is 0 Å². The molecule has 178 valence electrons. The Kier molecular flexibility index (Phi) is 12.1. The molecule has 0 aromatic carbocycles. The first-order chi connectivity index (χ1) is 14.6. The number of nitrogens with one attached hydrogen (secondary N) is 2. The molecule has 3 rings (SSSR count). The van der Waals surface area contributed by atoms with E-state index < -0.39 is 0 Å². The Bertz CT molecular complexity index is 636. The van der Waals surface area contributed by atoms with Gasteiger partial charge in [-0.05, 0) is 56.6 Å². The zero-order chi connectivity index (χ0) is 21.3. The highest BCUT2D eigenvalue weighted by Gasteiger charge is 2.31. The second-order valence-corrected chi connectivity index (χ2v) is 9.88. The van der Waals surface area contributed by atoms with Gasteiger partial charge in [0.05, 0.1) is 19.8 Å². The summed E-state index contributed by atoms with van der Waals surface area (Å²) in [5, 5.41) is 9.34. The Morgan fingerprint density at radius 1 is 1.26 bits per heavy atom. The highest BCUT2D eigenvalue weighted by molar-refractivity contribution is 14.0. The second-order valence-electron chi connectivity index (χ2n) is 8.90. The van der Waals surface area contributed by atoms with Crippen LogP contribution in [0.15, 0.2) is 22.5 Å². The maximum Gasteiger partial charge on any atom is 0.191 e. The van der Waals surface area contributed by atoms with Crippen molar-refractivity contribution in [2.75, 3.05) is 59.5 Å². The van der Waals surface area contributed by atoms with Gasteiger partial charge in [-0.15, -0.1) is 35.3 Å². The molecule has 3 heterocycles. The van der Waals surface area contributed by atoms with E-state index in [1.807, 2.05) is 11.3 Å². The van der Waals surface area contributed by atoms with Gasteiger partial charge in [0.1, 0.15) is 0 Å². The van der Waals surface area contributed by atoms with E-state index >= 15 is 0 Å². The molecule has 1 aromatic heterocycles. The number of thiophene rings is 1. The van der Waals surface area contributed by atoms with Crippen molar-refractivity contribution in [2.45, 2.75) is 45.7 Å². The molecular formula is C23H42IN5OS. The Morgan fingerprint density at radius 3 is 2.68 bits per heavy atom. The fraction of sp³-hybridized carbons (Fsp3) is 0.783. The Morgan fingerprint density at radius 2 is 2.03 bits per heavy atom. The van der Waals surface area contributed by atoms with Crippen LogP contribution in [-0.4, -0.2) is 81.3 Å². The summed E-state index contributed by atoms with van der Waals surface area (Å²) < 4.78 is 5.54. The van der Waals surface area contributed by atoms with Crippen molar-refractivity contribution in [2.24, 2.45) is 16.8 Å². The maximum absolute atomic E-state index is 5.54. The molecule has 2 N–H and O–H groups in total. The van der Waals surface area contributed by atoms with Gasteiger partial charge in [0, 0.05) is 43.1 Å². The van der Waals surface area contributed by atoms with Crippen LogP contribution in [0.25, 0.3) is 0 Å². The first-order valence-corrected chi connectivity index (χ1v) is 12.6. The highest BCUT2D eigenvalue weighted by atomic mass is 127. The van der Waals surface area contributed by atoms with Gasteiger partial charge in [0.2, 0.25) is 0 Å². The number of nitrogens with zero attached hydrogens (tertiary/aromatic N) is 3. The molecule has 0 amide bonds. The number of aliphatic imine (C=N–C) groups is 1. The molecule has 1 aromatic rings. The minimum absolute atomic E-state index is 0. The number of halogens is 1. The van der Waals surface area contributed by atoms with Crippen LogP contribution < -0.4 is 10.6 Å². The quantitative estimate of drug-likeness (QED) is 0.287. The van der Waals surface area contributed by atoms with Crippen molar-refractivity contribution < 1.29 is 4.74 Å². The third-order valence-electron chi connectivity index (χ3n) is 6.44. The van der Waals surface area contributed by atoms with Crippen LogP contribution in [0.3, 0.4) is 0 Å². The van der Waals surface area contributed by atoms with Gasteiger partial charge in [0.25, 0.3) is 0 Å². The van der Waals surface area contributed by atoms with Crippen molar-refractivity contribution in [3.8, 4) is 0 Å². The predicted octanol–water partition coefficient (Wildman–Crippen LogP) is 3.66. The standard InChI is InChI=1S/C23H41N5OS.HI/c1-5-24-23(26-17-20(18(2)3)28-11-13-29-14-12-28)25-16-19-8-6-10-27(4)22(19)21-9-7-15-30-21;/h7,9,15,18-20,22H,5-6,8,10-14,16-17H2,1-4H3,(H2,24,25,26);1H. The summed E-state index contributed by atoms with van der Waals surface area (Å²) in [6.07, 6.45) is 2.53. The minimum Gasteiger partial charge on any atom is -0.379 e. The van der Waals surface area contributed by atoms with Gasteiger partial charge in [-0.3, -0.25) is 14.8 Å². The molecule has 2 fully saturated rings. The number of piperidine rings is 1. The van der Waals surface area contributed by atoms with Crippen molar-refractivity contribution in [1.82, 2.24) is 20.4 Å². The van der Waals surface area contributed by atoms with E-state index in [2.05, 4.69) is 65.8 Å². The molecule has 0 spiro atoms. The summed E-state index contributed by atoms with van der Waals surface area (Å²) in [5.41, 5.74) is 0. The number of morpholine rings is 1. The summed E-state index contributed by atoms with van der Waals surface area (Å²) in [5.74, 6) is 2.13. The van der Waals surface area contributed by atoms with Crippen LogP contribution in [0.2, 0.25) is 0 Å². The van der Waals surface area contributed by atoms with E-state index in [9.17, 15) is 0 Å². The van der Waals surface area contributed by atoms with Crippen LogP contribution in [0.1, 0.15) is 44.5 Å². The number of hydrogen-bond donors (Lipinski definition) is 2. The van der Waals surface area contributed by atoms with Crippen LogP contribution >= 0.6 is 35.3 Å². The first kappa shape index (κ1) is 26.8.